The number of halogens is 2. The Labute approximate surface area is 229 Å². The van der Waals surface area contributed by atoms with Gasteiger partial charge in [0.15, 0.2) is 11.0 Å². The SMILES string of the molecule is C#CCOc1cnc2c(Nc3ccc(F)c([C@]4(CF)C[C@](C)(/C=C/C(=O)N(C)C)SC(N)=N4)c3)ncnc2c1. The third-order valence-corrected chi connectivity index (χ3v) is 7.10. The third kappa shape index (κ3) is 6.09. The molecule has 0 radical (unpaired) electrons. The van der Waals surface area contributed by atoms with Gasteiger partial charge in [0.2, 0.25) is 5.91 Å². The fourth-order valence-corrected chi connectivity index (χ4v) is 5.39. The van der Waals surface area contributed by atoms with Gasteiger partial charge < -0.3 is 20.7 Å². The lowest BCUT2D eigenvalue weighted by Gasteiger charge is -2.40. The van der Waals surface area contributed by atoms with E-state index in [2.05, 4.69) is 31.2 Å². The average molecular weight is 552 g/mol. The number of alkyl halides is 1. The molecule has 1 aliphatic rings. The predicted octanol–water partition coefficient (Wildman–Crippen LogP) is 3.94. The quantitative estimate of drug-likeness (QED) is 0.319. The second-order valence-corrected chi connectivity index (χ2v) is 10.9. The number of aromatic nitrogens is 3. The molecule has 202 valence electrons. The number of carbonyl (C=O) groups excluding carboxylic acids is 1. The second kappa shape index (κ2) is 11.2. The Morgan fingerprint density at radius 1 is 1.33 bits per heavy atom. The van der Waals surface area contributed by atoms with Gasteiger partial charge in [-0.2, -0.15) is 0 Å². The minimum Gasteiger partial charge on any atom is -0.479 e. The Kier molecular flexibility index (Phi) is 8.01. The maximum absolute atomic E-state index is 15.3. The zero-order chi connectivity index (χ0) is 28.2. The molecule has 0 aliphatic carbocycles. The largest absolute Gasteiger partial charge is 0.479 e. The Balaban J connectivity index is 1.69. The van der Waals surface area contributed by atoms with E-state index in [1.165, 1.54) is 53.5 Å². The molecule has 3 heterocycles. The number of terminal acetylenes is 1. The molecule has 3 N–H and O–H groups in total. The van der Waals surface area contributed by atoms with Crippen molar-refractivity contribution in [1.82, 2.24) is 19.9 Å². The molecule has 1 amide bonds. The van der Waals surface area contributed by atoms with E-state index in [0.29, 0.717) is 28.3 Å². The fourth-order valence-electron chi connectivity index (χ4n) is 4.24. The van der Waals surface area contributed by atoms with E-state index in [-0.39, 0.29) is 29.7 Å². The van der Waals surface area contributed by atoms with Crippen molar-refractivity contribution in [2.75, 3.05) is 32.7 Å². The van der Waals surface area contributed by atoms with Gasteiger partial charge >= 0.3 is 0 Å². The van der Waals surface area contributed by atoms with Gasteiger partial charge in [0, 0.05) is 42.2 Å². The molecule has 0 saturated heterocycles. The molecule has 9 nitrogen and oxygen atoms in total. The van der Waals surface area contributed by atoms with Gasteiger partial charge in [0.05, 0.1) is 11.7 Å². The maximum Gasteiger partial charge on any atom is 0.245 e. The Morgan fingerprint density at radius 2 is 2.13 bits per heavy atom. The second-order valence-electron chi connectivity index (χ2n) is 9.35. The highest BCUT2D eigenvalue weighted by atomic mass is 32.2. The number of amides is 1. The lowest BCUT2D eigenvalue weighted by molar-refractivity contribution is -0.123. The first-order valence-corrected chi connectivity index (χ1v) is 12.6. The van der Waals surface area contributed by atoms with E-state index in [1.54, 1.807) is 26.2 Å². The first-order chi connectivity index (χ1) is 18.6. The molecular weight excluding hydrogens is 524 g/mol. The van der Waals surface area contributed by atoms with Crippen molar-refractivity contribution < 1.29 is 18.3 Å². The zero-order valence-electron chi connectivity index (χ0n) is 21.6. The summed E-state index contributed by atoms with van der Waals surface area (Å²) in [5.41, 5.74) is 5.90. The number of aliphatic imine (C=N–C) groups is 1. The van der Waals surface area contributed by atoms with Gasteiger partial charge in [-0.05, 0) is 31.5 Å². The summed E-state index contributed by atoms with van der Waals surface area (Å²) in [6, 6.07) is 5.89. The molecule has 0 saturated carbocycles. The minimum atomic E-state index is -1.60. The highest BCUT2D eigenvalue weighted by molar-refractivity contribution is 8.15. The van der Waals surface area contributed by atoms with Crippen molar-refractivity contribution in [3.63, 3.8) is 0 Å². The summed E-state index contributed by atoms with van der Waals surface area (Å²) in [7, 11) is 3.25. The van der Waals surface area contributed by atoms with Crippen molar-refractivity contribution >= 4 is 45.4 Å². The standard InChI is InChI=1S/C27H27F2N7O2S/c1-5-10-38-18-12-21-23(31-13-18)24(33-16-32-21)34-17-6-7-20(29)19(11-17)27(15-28)14-26(2,39-25(30)35-27)9-8-22(37)36(3)4/h1,6-9,11-13,16H,10,14-15H2,2-4H3,(H2,30,35)(H,32,33,34)/b9-8+/t26-,27+/m0/s1. The number of ether oxygens (including phenoxy) is 1. The number of pyridine rings is 1. The monoisotopic (exact) mass is 551 g/mol. The zero-order valence-corrected chi connectivity index (χ0v) is 22.4. The lowest BCUT2D eigenvalue weighted by atomic mass is 9.82. The van der Waals surface area contributed by atoms with Crippen molar-refractivity contribution in [3.8, 4) is 18.1 Å². The van der Waals surface area contributed by atoms with Crippen LogP contribution in [0.4, 0.5) is 20.3 Å². The van der Waals surface area contributed by atoms with Crippen molar-refractivity contribution in [2.45, 2.75) is 23.6 Å². The van der Waals surface area contributed by atoms with Crippen LogP contribution < -0.4 is 15.8 Å². The summed E-state index contributed by atoms with van der Waals surface area (Å²) in [5.74, 6) is 2.32. The van der Waals surface area contributed by atoms with E-state index in [4.69, 9.17) is 16.9 Å². The third-order valence-electron chi connectivity index (χ3n) is 6.05. The number of amidine groups is 1. The summed E-state index contributed by atoms with van der Waals surface area (Å²) in [5, 5.41) is 3.21. The number of thioether (sulfide) groups is 1. The van der Waals surface area contributed by atoms with Crippen LogP contribution in [0, 0.1) is 18.2 Å². The average Bonchev–Trinajstić information content (AvgIpc) is 2.91. The lowest BCUT2D eigenvalue weighted by Crippen LogP contribution is -2.43. The summed E-state index contributed by atoms with van der Waals surface area (Å²) < 4.78 is 34.7. The fraction of sp³-hybridized carbons (Fsp3) is 0.296. The molecule has 0 bridgehead atoms. The number of nitrogens with zero attached hydrogens (tertiary/aromatic N) is 5. The Bertz CT molecular complexity index is 1510. The molecule has 39 heavy (non-hydrogen) atoms. The van der Waals surface area contributed by atoms with Crippen molar-refractivity contribution in [1.29, 1.82) is 0 Å². The molecule has 0 unspecified atom stereocenters. The Hall–Kier alpha value is -4.24. The van der Waals surface area contributed by atoms with Crippen LogP contribution in [0.5, 0.6) is 5.75 Å². The summed E-state index contributed by atoms with van der Waals surface area (Å²) in [6.45, 7) is 0.895. The summed E-state index contributed by atoms with van der Waals surface area (Å²) in [4.78, 5) is 30.8. The molecule has 0 spiro atoms. The number of anilines is 2. The van der Waals surface area contributed by atoms with Gasteiger partial charge in [-0.25, -0.2) is 28.7 Å². The van der Waals surface area contributed by atoms with Crippen LogP contribution >= 0.6 is 11.8 Å². The maximum atomic E-state index is 15.3. The summed E-state index contributed by atoms with van der Waals surface area (Å²) >= 11 is 1.19. The molecule has 12 heteroatoms. The number of nitrogens with two attached hydrogens (primary N) is 1. The molecule has 1 aliphatic heterocycles. The van der Waals surface area contributed by atoms with Crippen molar-refractivity contribution in [3.05, 3.63) is 60.3 Å². The number of nitrogens with one attached hydrogen (secondary N) is 1. The highest BCUT2D eigenvalue weighted by Gasteiger charge is 2.45. The van der Waals surface area contributed by atoms with Crippen LogP contribution in [-0.2, 0) is 10.3 Å². The number of likely N-dealkylation sites (N-methyl/N-ethyl adjacent to an activating group) is 1. The Morgan fingerprint density at radius 3 is 2.85 bits per heavy atom. The van der Waals surface area contributed by atoms with Gasteiger partial charge in [-0.1, -0.05) is 23.8 Å². The number of rotatable bonds is 8. The van der Waals surface area contributed by atoms with E-state index in [1.807, 2.05) is 6.92 Å². The highest BCUT2D eigenvalue weighted by Crippen LogP contribution is 2.47. The topological polar surface area (TPSA) is 119 Å². The molecular formula is C27H27F2N7O2S. The van der Waals surface area contributed by atoms with E-state index in [9.17, 15) is 9.18 Å². The smallest absolute Gasteiger partial charge is 0.245 e. The van der Waals surface area contributed by atoms with Crippen LogP contribution in [0.15, 0.2) is 53.9 Å². The first-order valence-electron chi connectivity index (χ1n) is 11.8. The number of hydrogen-bond acceptors (Lipinski definition) is 9. The van der Waals surface area contributed by atoms with Crippen LogP contribution in [0.1, 0.15) is 18.9 Å². The van der Waals surface area contributed by atoms with E-state index < -0.39 is 22.8 Å². The number of benzene rings is 1. The molecule has 2 atom stereocenters. The van der Waals surface area contributed by atoms with E-state index >= 15 is 4.39 Å². The molecule has 2 aromatic heterocycles. The number of fused-ring (bicyclic) bond motifs is 1. The number of hydrogen-bond donors (Lipinski definition) is 2. The normalized spacial score (nSPS) is 20.9. The molecule has 3 aromatic rings. The molecule has 1 aromatic carbocycles. The van der Waals surface area contributed by atoms with Crippen LogP contribution in [0.2, 0.25) is 0 Å². The van der Waals surface area contributed by atoms with Gasteiger partial charge in [-0.15, -0.1) is 6.42 Å². The number of carbonyl (C=O) groups is 1. The van der Waals surface area contributed by atoms with Crippen LogP contribution in [-0.4, -0.2) is 63.1 Å². The molecule has 0 fully saturated rings. The van der Waals surface area contributed by atoms with Gasteiger partial charge in [0.1, 0.15) is 42.2 Å². The summed E-state index contributed by atoms with van der Waals surface area (Å²) in [6.07, 6.45) is 11.2. The predicted molar refractivity (Wildman–Crippen MR) is 149 cm³/mol. The first kappa shape index (κ1) is 27.8. The van der Waals surface area contributed by atoms with Gasteiger partial charge in [0.25, 0.3) is 0 Å². The van der Waals surface area contributed by atoms with Crippen molar-refractivity contribution in [2.24, 2.45) is 10.7 Å². The van der Waals surface area contributed by atoms with Crippen LogP contribution in [0.3, 0.4) is 0 Å². The van der Waals surface area contributed by atoms with Gasteiger partial charge in [-0.3, -0.25) is 4.79 Å². The van der Waals surface area contributed by atoms with E-state index in [0.717, 1.165) is 0 Å². The minimum absolute atomic E-state index is 0.0214. The molecule has 4 rings (SSSR count). The van der Waals surface area contributed by atoms with Crippen LogP contribution in [0.25, 0.3) is 11.0 Å².